The minimum atomic E-state index is -0.0815. The van der Waals surface area contributed by atoms with Crippen molar-refractivity contribution in [2.75, 3.05) is 0 Å². The normalized spacial score (nSPS) is 52.2. The number of hydrogen-bond acceptors (Lipinski definition) is 2. The first-order valence-corrected chi connectivity index (χ1v) is 10.1. The summed E-state index contributed by atoms with van der Waals surface area (Å²) in [5.41, 5.74) is 0.868. The SMILES string of the molecule is CC(=O)O[C@@H]1CC[C@H]2[C@@H]3CC[C@H]4CCCC[C@]4(C)[C@H]3CC[C@]12C. The van der Waals surface area contributed by atoms with E-state index in [0.717, 1.165) is 30.1 Å². The van der Waals surface area contributed by atoms with E-state index >= 15 is 0 Å². The van der Waals surface area contributed by atoms with Crippen molar-refractivity contribution in [3.63, 3.8) is 0 Å². The summed E-state index contributed by atoms with van der Waals surface area (Å²) in [5.74, 6) is 3.55. The van der Waals surface area contributed by atoms with Gasteiger partial charge in [-0.05, 0) is 80.5 Å². The Morgan fingerprint density at radius 3 is 2.43 bits per heavy atom. The number of ether oxygens (including phenoxy) is 1. The van der Waals surface area contributed by atoms with Gasteiger partial charge in [-0.25, -0.2) is 0 Å². The molecule has 4 rings (SSSR count). The van der Waals surface area contributed by atoms with Crippen molar-refractivity contribution in [2.45, 2.75) is 91.1 Å². The highest BCUT2D eigenvalue weighted by Crippen LogP contribution is 2.66. The number of carbonyl (C=O) groups is 1. The first-order chi connectivity index (χ1) is 10.9. The van der Waals surface area contributed by atoms with Crippen LogP contribution in [-0.2, 0) is 9.53 Å². The third-order valence-electron chi connectivity index (χ3n) is 8.80. The fourth-order valence-electron chi connectivity index (χ4n) is 7.64. The van der Waals surface area contributed by atoms with E-state index in [9.17, 15) is 4.79 Å². The van der Waals surface area contributed by atoms with E-state index in [4.69, 9.17) is 4.74 Å². The Bertz CT molecular complexity index is 486. The quantitative estimate of drug-likeness (QED) is 0.609. The highest BCUT2D eigenvalue weighted by atomic mass is 16.5. The van der Waals surface area contributed by atoms with E-state index in [1.807, 2.05) is 0 Å². The molecule has 0 saturated heterocycles. The molecule has 7 atom stereocenters. The zero-order valence-electron chi connectivity index (χ0n) is 15.3. The number of fused-ring (bicyclic) bond motifs is 5. The first kappa shape index (κ1) is 16.0. The van der Waals surface area contributed by atoms with Gasteiger partial charge in [-0.15, -0.1) is 0 Å². The van der Waals surface area contributed by atoms with Gasteiger partial charge in [-0.2, -0.15) is 0 Å². The molecule has 0 radical (unpaired) electrons. The van der Waals surface area contributed by atoms with E-state index in [1.54, 1.807) is 6.92 Å². The number of carbonyl (C=O) groups excluding carboxylic acids is 1. The molecule has 0 bridgehead atoms. The molecule has 130 valence electrons. The highest BCUT2D eigenvalue weighted by Gasteiger charge is 2.60. The second-order valence-electron chi connectivity index (χ2n) is 9.62. The Morgan fingerprint density at radius 2 is 1.65 bits per heavy atom. The van der Waals surface area contributed by atoms with Gasteiger partial charge in [0.1, 0.15) is 6.10 Å². The van der Waals surface area contributed by atoms with Gasteiger partial charge >= 0.3 is 5.97 Å². The van der Waals surface area contributed by atoms with Crippen LogP contribution in [0, 0.1) is 34.5 Å². The van der Waals surface area contributed by atoms with Crippen LogP contribution in [0.1, 0.15) is 85.0 Å². The molecule has 0 amide bonds. The summed E-state index contributed by atoms with van der Waals surface area (Å²) in [6, 6.07) is 0. The van der Waals surface area contributed by atoms with Gasteiger partial charge in [0.15, 0.2) is 0 Å². The van der Waals surface area contributed by atoms with Gasteiger partial charge in [0.05, 0.1) is 0 Å². The minimum absolute atomic E-state index is 0.0815. The van der Waals surface area contributed by atoms with Gasteiger partial charge in [-0.3, -0.25) is 4.79 Å². The van der Waals surface area contributed by atoms with Crippen LogP contribution in [0.5, 0.6) is 0 Å². The molecule has 23 heavy (non-hydrogen) atoms. The van der Waals surface area contributed by atoms with Crippen LogP contribution < -0.4 is 0 Å². The molecule has 2 heteroatoms. The maximum absolute atomic E-state index is 11.5. The van der Waals surface area contributed by atoms with Crippen LogP contribution in [0.3, 0.4) is 0 Å². The maximum atomic E-state index is 11.5. The number of hydrogen-bond donors (Lipinski definition) is 0. The van der Waals surface area contributed by atoms with Crippen molar-refractivity contribution >= 4 is 5.97 Å². The zero-order chi connectivity index (χ0) is 16.2. The van der Waals surface area contributed by atoms with Crippen molar-refractivity contribution in [3.05, 3.63) is 0 Å². The Kier molecular flexibility index (Phi) is 3.81. The van der Waals surface area contributed by atoms with Crippen molar-refractivity contribution < 1.29 is 9.53 Å². The monoisotopic (exact) mass is 318 g/mol. The minimum Gasteiger partial charge on any atom is -0.462 e. The highest BCUT2D eigenvalue weighted by molar-refractivity contribution is 5.66. The maximum Gasteiger partial charge on any atom is 0.302 e. The average Bonchev–Trinajstić information content (AvgIpc) is 2.83. The van der Waals surface area contributed by atoms with Gasteiger partial charge < -0.3 is 4.74 Å². The second-order valence-corrected chi connectivity index (χ2v) is 9.62. The molecular formula is C21H34O2. The molecule has 4 aliphatic rings. The molecule has 4 aliphatic carbocycles. The van der Waals surface area contributed by atoms with E-state index in [1.165, 1.54) is 57.8 Å². The van der Waals surface area contributed by atoms with Crippen LogP contribution in [0.25, 0.3) is 0 Å². The molecule has 0 N–H and O–H groups in total. The largest absolute Gasteiger partial charge is 0.462 e. The van der Waals surface area contributed by atoms with E-state index in [-0.39, 0.29) is 17.5 Å². The van der Waals surface area contributed by atoms with Crippen molar-refractivity contribution in [1.82, 2.24) is 0 Å². The third-order valence-corrected chi connectivity index (χ3v) is 8.80. The lowest BCUT2D eigenvalue weighted by atomic mass is 9.45. The third kappa shape index (κ3) is 2.30. The predicted octanol–water partition coefficient (Wildman–Crippen LogP) is 5.35. The fourth-order valence-corrected chi connectivity index (χ4v) is 7.64. The summed E-state index contributed by atoms with van der Waals surface area (Å²) in [7, 11) is 0. The van der Waals surface area contributed by atoms with E-state index < -0.39 is 0 Å². The summed E-state index contributed by atoms with van der Waals surface area (Å²) < 4.78 is 5.76. The Labute approximate surface area is 141 Å². The summed E-state index contributed by atoms with van der Waals surface area (Å²) in [6.45, 7) is 6.65. The Morgan fingerprint density at radius 1 is 0.870 bits per heavy atom. The molecule has 0 aromatic rings. The number of esters is 1. The number of rotatable bonds is 1. The molecule has 0 aliphatic heterocycles. The summed E-state index contributed by atoms with van der Waals surface area (Å²) in [6.07, 6.45) is 14.0. The Hall–Kier alpha value is -0.530. The molecule has 0 unspecified atom stereocenters. The van der Waals surface area contributed by atoms with Crippen molar-refractivity contribution in [3.8, 4) is 0 Å². The lowest BCUT2D eigenvalue weighted by Crippen LogP contribution is -2.53. The molecule has 2 nitrogen and oxygen atoms in total. The fraction of sp³-hybridized carbons (Fsp3) is 0.952. The topological polar surface area (TPSA) is 26.3 Å². The molecule has 0 spiro atoms. The van der Waals surface area contributed by atoms with Gasteiger partial charge in [-0.1, -0.05) is 26.7 Å². The second kappa shape index (κ2) is 5.49. The van der Waals surface area contributed by atoms with Crippen LogP contribution in [0.4, 0.5) is 0 Å². The summed E-state index contributed by atoms with van der Waals surface area (Å²) in [4.78, 5) is 11.5. The molecule has 0 aromatic carbocycles. The molecule has 0 heterocycles. The predicted molar refractivity (Wildman–Crippen MR) is 91.9 cm³/mol. The summed E-state index contributed by atoms with van der Waals surface area (Å²) >= 11 is 0. The first-order valence-electron chi connectivity index (χ1n) is 10.1. The van der Waals surface area contributed by atoms with E-state index in [0.29, 0.717) is 5.41 Å². The van der Waals surface area contributed by atoms with Gasteiger partial charge in [0.25, 0.3) is 0 Å². The summed E-state index contributed by atoms with van der Waals surface area (Å²) in [5, 5.41) is 0. The van der Waals surface area contributed by atoms with Crippen LogP contribution in [0.2, 0.25) is 0 Å². The molecule has 4 saturated carbocycles. The Balaban J connectivity index is 1.59. The average molecular weight is 319 g/mol. The van der Waals surface area contributed by atoms with Crippen molar-refractivity contribution in [1.29, 1.82) is 0 Å². The van der Waals surface area contributed by atoms with Crippen molar-refractivity contribution in [2.24, 2.45) is 34.5 Å². The smallest absolute Gasteiger partial charge is 0.302 e. The lowest BCUT2D eigenvalue weighted by molar-refractivity contribution is -0.161. The lowest BCUT2D eigenvalue weighted by Gasteiger charge is -2.60. The van der Waals surface area contributed by atoms with E-state index in [2.05, 4.69) is 13.8 Å². The van der Waals surface area contributed by atoms with Crippen LogP contribution in [0.15, 0.2) is 0 Å². The van der Waals surface area contributed by atoms with Gasteiger partial charge in [0.2, 0.25) is 0 Å². The standard InChI is InChI=1S/C21H34O2/c1-14(22)23-19-10-9-17-16-8-7-15-6-4-5-12-20(15,2)18(16)11-13-21(17,19)3/h15-19H,4-13H2,1-3H3/t15-,16+,17+,18+,19-,20+,21+/m1/s1. The van der Waals surface area contributed by atoms with Gasteiger partial charge in [0, 0.05) is 12.3 Å². The van der Waals surface area contributed by atoms with Crippen LogP contribution in [-0.4, -0.2) is 12.1 Å². The molecule has 4 fully saturated rings. The van der Waals surface area contributed by atoms with Crippen LogP contribution >= 0.6 is 0 Å². The molecule has 0 aromatic heterocycles. The zero-order valence-corrected chi connectivity index (χ0v) is 15.3. The molecular weight excluding hydrogens is 284 g/mol.